The van der Waals surface area contributed by atoms with Gasteiger partial charge in [0.1, 0.15) is 0 Å². The number of carbonyl (C=O) groups is 1. The predicted octanol–water partition coefficient (Wildman–Crippen LogP) is 2.88. The van der Waals surface area contributed by atoms with Gasteiger partial charge in [-0.15, -0.1) is 0 Å². The molecule has 2 fully saturated rings. The number of carbonyl (C=O) groups excluding carboxylic acids is 1. The highest BCUT2D eigenvalue weighted by Crippen LogP contribution is 2.21. The number of rotatable bonds is 6. The third-order valence-corrected chi connectivity index (χ3v) is 6.13. The summed E-state index contributed by atoms with van der Waals surface area (Å²) in [5, 5.41) is 0. The number of amides is 1. The van der Waals surface area contributed by atoms with Gasteiger partial charge < -0.3 is 9.80 Å². The number of aryl methyl sites for hydroxylation is 1. The van der Waals surface area contributed by atoms with Gasteiger partial charge in [0, 0.05) is 51.7 Å². The molecule has 2 heterocycles. The fourth-order valence-corrected chi connectivity index (χ4v) is 4.39. The molecule has 1 atom stereocenters. The zero-order chi connectivity index (χ0) is 18.4. The number of piperidine rings is 1. The van der Waals surface area contributed by atoms with Crippen LogP contribution in [-0.4, -0.2) is 73.0 Å². The van der Waals surface area contributed by atoms with Gasteiger partial charge >= 0.3 is 0 Å². The van der Waals surface area contributed by atoms with Gasteiger partial charge in [-0.05, 0) is 51.1 Å². The molecule has 1 amide bonds. The summed E-state index contributed by atoms with van der Waals surface area (Å²) < 4.78 is 0. The second-order valence-corrected chi connectivity index (χ2v) is 8.27. The summed E-state index contributed by atoms with van der Waals surface area (Å²) in [7, 11) is 2.22. The van der Waals surface area contributed by atoms with Crippen molar-refractivity contribution in [2.45, 2.75) is 45.1 Å². The second-order valence-electron chi connectivity index (χ2n) is 8.27. The summed E-state index contributed by atoms with van der Waals surface area (Å²) >= 11 is 0. The Labute approximate surface area is 159 Å². The average Bonchev–Trinajstić information content (AvgIpc) is 2.65. The molecule has 0 aromatic heterocycles. The van der Waals surface area contributed by atoms with E-state index < -0.39 is 0 Å². The van der Waals surface area contributed by atoms with Crippen LogP contribution in [0.2, 0.25) is 0 Å². The molecule has 0 aliphatic carbocycles. The molecule has 0 radical (unpaired) electrons. The van der Waals surface area contributed by atoms with E-state index in [4.69, 9.17) is 0 Å². The van der Waals surface area contributed by atoms with E-state index in [0.29, 0.717) is 18.4 Å². The lowest BCUT2D eigenvalue weighted by atomic mass is 9.95. The number of nitrogens with zero attached hydrogens (tertiary/aromatic N) is 3. The standard InChI is InChI=1S/C22H35N3O/c1-19-17-23(2)15-16-25(19)18-21-11-13-24(14-12-21)22(26)10-6-9-20-7-4-3-5-8-20/h3-5,7-8,19,21H,6,9-18H2,1-2H3. The van der Waals surface area contributed by atoms with Crippen LogP contribution in [-0.2, 0) is 11.2 Å². The SMILES string of the molecule is CC1CN(C)CCN1CC1CCN(C(=O)CCCc2ccccc2)CC1. The number of hydrogen-bond acceptors (Lipinski definition) is 3. The van der Waals surface area contributed by atoms with E-state index in [-0.39, 0.29) is 0 Å². The first-order chi connectivity index (χ1) is 12.6. The Morgan fingerprint density at radius 3 is 2.50 bits per heavy atom. The fourth-order valence-electron chi connectivity index (χ4n) is 4.39. The zero-order valence-corrected chi connectivity index (χ0v) is 16.6. The molecule has 1 unspecified atom stereocenters. The van der Waals surface area contributed by atoms with Gasteiger partial charge in [0.05, 0.1) is 0 Å². The molecular formula is C22H35N3O. The zero-order valence-electron chi connectivity index (χ0n) is 16.6. The molecule has 0 saturated carbocycles. The highest BCUT2D eigenvalue weighted by Gasteiger charge is 2.27. The third kappa shape index (κ3) is 5.55. The van der Waals surface area contributed by atoms with E-state index >= 15 is 0 Å². The van der Waals surface area contributed by atoms with Gasteiger partial charge in [-0.1, -0.05) is 30.3 Å². The normalized spacial score (nSPS) is 23.3. The molecular weight excluding hydrogens is 322 g/mol. The number of piperazine rings is 1. The maximum atomic E-state index is 12.5. The van der Waals surface area contributed by atoms with Crippen molar-refractivity contribution < 1.29 is 4.79 Å². The third-order valence-electron chi connectivity index (χ3n) is 6.13. The van der Waals surface area contributed by atoms with Gasteiger partial charge in [-0.2, -0.15) is 0 Å². The van der Waals surface area contributed by atoms with Crippen molar-refractivity contribution in [3.8, 4) is 0 Å². The van der Waals surface area contributed by atoms with Crippen molar-refractivity contribution in [1.82, 2.24) is 14.7 Å². The van der Waals surface area contributed by atoms with Gasteiger partial charge in [-0.3, -0.25) is 9.69 Å². The minimum Gasteiger partial charge on any atom is -0.343 e. The van der Waals surface area contributed by atoms with Crippen LogP contribution in [0.15, 0.2) is 30.3 Å². The molecule has 1 aromatic rings. The summed E-state index contributed by atoms with van der Waals surface area (Å²) in [6.07, 6.45) is 4.99. The van der Waals surface area contributed by atoms with Crippen LogP contribution in [0.5, 0.6) is 0 Å². The lowest BCUT2D eigenvalue weighted by Crippen LogP contribution is -2.52. The van der Waals surface area contributed by atoms with Crippen LogP contribution in [0.3, 0.4) is 0 Å². The largest absolute Gasteiger partial charge is 0.343 e. The van der Waals surface area contributed by atoms with Crippen LogP contribution in [0.1, 0.15) is 38.2 Å². The van der Waals surface area contributed by atoms with E-state index in [0.717, 1.165) is 31.8 Å². The van der Waals surface area contributed by atoms with Gasteiger partial charge in [0.2, 0.25) is 5.91 Å². The van der Waals surface area contributed by atoms with Crippen LogP contribution >= 0.6 is 0 Å². The van der Waals surface area contributed by atoms with Crippen molar-refractivity contribution in [3.63, 3.8) is 0 Å². The van der Waals surface area contributed by atoms with E-state index in [1.54, 1.807) is 0 Å². The molecule has 144 valence electrons. The Morgan fingerprint density at radius 2 is 1.81 bits per heavy atom. The van der Waals surface area contributed by atoms with E-state index in [2.05, 4.69) is 52.9 Å². The van der Waals surface area contributed by atoms with E-state index in [9.17, 15) is 4.79 Å². The minimum atomic E-state index is 0.354. The van der Waals surface area contributed by atoms with Crippen molar-refractivity contribution in [3.05, 3.63) is 35.9 Å². The Kier molecular flexibility index (Phi) is 7.09. The topological polar surface area (TPSA) is 26.8 Å². The fraction of sp³-hybridized carbons (Fsp3) is 0.682. The average molecular weight is 358 g/mol. The Balaban J connectivity index is 1.34. The van der Waals surface area contributed by atoms with Crippen LogP contribution in [0, 0.1) is 5.92 Å². The molecule has 0 bridgehead atoms. The molecule has 0 spiro atoms. The summed E-state index contributed by atoms with van der Waals surface area (Å²) in [5.74, 6) is 1.11. The molecule has 3 rings (SSSR count). The quantitative estimate of drug-likeness (QED) is 0.783. The number of hydrogen-bond donors (Lipinski definition) is 0. The first-order valence-corrected chi connectivity index (χ1v) is 10.4. The monoisotopic (exact) mass is 357 g/mol. The van der Waals surface area contributed by atoms with Crippen molar-refractivity contribution >= 4 is 5.91 Å². The number of likely N-dealkylation sites (tertiary alicyclic amines) is 1. The van der Waals surface area contributed by atoms with Crippen LogP contribution in [0.25, 0.3) is 0 Å². The van der Waals surface area contributed by atoms with E-state index in [1.807, 2.05) is 6.07 Å². The highest BCUT2D eigenvalue weighted by atomic mass is 16.2. The molecule has 2 aliphatic rings. The summed E-state index contributed by atoms with van der Waals surface area (Å²) in [5.41, 5.74) is 1.33. The molecule has 1 aromatic carbocycles. The van der Waals surface area contributed by atoms with E-state index in [1.165, 1.54) is 44.6 Å². The smallest absolute Gasteiger partial charge is 0.222 e. The van der Waals surface area contributed by atoms with Crippen molar-refractivity contribution in [1.29, 1.82) is 0 Å². The first kappa shape index (κ1) is 19.4. The minimum absolute atomic E-state index is 0.354. The Morgan fingerprint density at radius 1 is 1.08 bits per heavy atom. The molecule has 2 aliphatic heterocycles. The lowest BCUT2D eigenvalue weighted by Gasteiger charge is -2.41. The van der Waals surface area contributed by atoms with Crippen molar-refractivity contribution in [2.75, 3.05) is 46.3 Å². The lowest BCUT2D eigenvalue weighted by molar-refractivity contribution is -0.132. The summed E-state index contributed by atoms with van der Waals surface area (Å²) in [4.78, 5) is 19.7. The van der Waals surface area contributed by atoms with Gasteiger partial charge in [0.25, 0.3) is 0 Å². The molecule has 2 saturated heterocycles. The molecule has 4 nitrogen and oxygen atoms in total. The molecule has 4 heteroatoms. The highest BCUT2D eigenvalue weighted by molar-refractivity contribution is 5.76. The second kappa shape index (κ2) is 9.52. The van der Waals surface area contributed by atoms with Gasteiger partial charge in [0.15, 0.2) is 0 Å². The number of benzene rings is 1. The van der Waals surface area contributed by atoms with Crippen molar-refractivity contribution in [2.24, 2.45) is 5.92 Å². The van der Waals surface area contributed by atoms with Crippen LogP contribution in [0.4, 0.5) is 0 Å². The first-order valence-electron chi connectivity index (χ1n) is 10.4. The summed E-state index contributed by atoms with van der Waals surface area (Å²) in [6.45, 7) is 9.03. The van der Waals surface area contributed by atoms with Crippen LogP contribution < -0.4 is 0 Å². The maximum Gasteiger partial charge on any atom is 0.222 e. The molecule has 0 N–H and O–H groups in total. The Bertz CT molecular complexity index is 554. The summed E-state index contributed by atoms with van der Waals surface area (Å²) in [6, 6.07) is 11.1. The predicted molar refractivity (Wildman–Crippen MR) is 107 cm³/mol. The maximum absolute atomic E-state index is 12.5. The Hall–Kier alpha value is -1.39. The molecule has 26 heavy (non-hydrogen) atoms. The van der Waals surface area contributed by atoms with Gasteiger partial charge in [-0.25, -0.2) is 0 Å². The number of likely N-dealkylation sites (N-methyl/N-ethyl adjacent to an activating group) is 1.